The first-order chi connectivity index (χ1) is 29.9. The summed E-state index contributed by atoms with van der Waals surface area (Å²) < 4.78 is 54.4. The van der Waals surface area contributed by atoms with Gasteiger partial charge >= 0.3 is 12.1 Å². The highest BCUT2D eigenvalue weighted by atomic mass is 19.1. The molecule has 1 amide bonds. The Kier molecular flexibility index (Phi) is 14.2. The molecule has 7 heterocycles. The molecule has 4 saturated heterocycles. The molecule has 4 bridgehead atoms. The number of hydrogen-bond acceptors (Lipinski definition) is 15. The lowest BCUT2D eigenvalue weighted by Crippen LogP contribution is -2.60. The normalized spacial score (nSPS) is 38.5. The number of oxime groups is 1. The number of carbonyl (C=O) groups excluding carboxylic acids is 2. The van der Waals surface area contributed by atoms with Crippen LogP contribution in [0.5, 0.6) is 0 Å². The van der Waals surface area contributed by atoms with Gasteiger partial charge in [-0.3, -0.25) is 14.7 Å². The highest BCUT2D eigenvalue weighted by Gasteiger charge is 2.60. The summed E-state index contributed by atoms with van der Waals surface area (Å²) in [7, 11) is 3.84. The Morgan fingerprint density at radius 1 is 1.06 bits per heavy atom. The number of pyridine rings is 2. The fourth-order valence-corrected chi connectivity index (χ4v) is 10.7. The van der Waals surface area contributed by atoms with Crippen molar-refractivity contribution in [1.82, 2.24) is 19.8 Å². The third-order valence-corrected chi connectivity index (χ3v) is 13.8. The lowest BCUT2D eigenvalue weighted by Gasteiger charge is -2.48. The lowest BCUT2D eigenvalue weighted by molar-refractivity contribution is -0.302. The number of esters is 1. The van der Waals surface area contributed by atoms with Gasteiger partial charge in [-0.25, -0.2) is 14.8 Å². The van der Waals surface area contributed by atoms with Gasteiger partial charge in [0.2, 0.25) is 5.95 Å². The van der Waals surface area contributed by atoms with E-state index in [1.54, 1.807) is 42.2 Å². The molecule has 0 aromatic carbocycles. The van der Waals surface area contributed by atoms with E-state index in [0.717, 1.165) is 5.71 Å². The number of fused-ring (bicyclic) bond motifs is 4. The van der Waals surface area contributed by atoms with E-state index in [4.69, 9.17) is 38.3 Å². The summed E-state index contributed by atoms with van der Waals surface area (Å²) in [6.45, 7) is 16.2. The molecule has 0 saturated carbocycles. The SMILES string of the molecule is CC[C@@H]1OC(=O)[C@H](C)[C@H]2OCC(=NOCc3cccc(-c4cccnc4F)n3)CO[C@](C)(C[C@@H](C)C3=NCCN4C(=O)O[C@@]1(C)[C@H]4[C@H]3C)[C@@H](O[C@H]1O[C@@H](C)C[C@@H](N(C)C)[C@@H]1O)[C@@H]2C. The Bertz CT molecular complexity index is 2020. The first kappa shape index (κ1) is 46.9. The monoisotopic (exact) mass is 880 g/mol. The second-order valence-corrected chi connectivity index (χ2v) is 18.7. The Balaban J connectivity index is 1.28. The van der Waals surface area contributed by atoms with E-state index in [2.05, 4.69) is 29.0 Å². The molecular formula is C46H65FN6O10. The molecular weight excluding hydrogens is 816 g/mol. The third kappa shape index (κ3) is 9.50. The highest BCUT2D eigenvalue weighted by molar-refractivity contribution is 5.91. The van der Waals surface area contributed by atoms with E-state index >= 15 is 0 Å². The molecule has 346 valence electrons. The van der Waals surface area contributed by atoms with Crippen molar-refractivity contribution in [2.24, 2.45) is 33.8 Å². The minimum Gasteiger partial charge on any atom is -0.458 e. The van der Waals surface area contributed by atoms with Crippen LogP contribution in [-0.4, -0.2) is 149 Å². The molecule has 0 aliphatic carbocycles. The Labute approximate surface area is 369 Å². The fraction of sp³-hybridized carbons (Fsp3) is 0.696. The summed E-state index contributed by atoms with van der Waals surface area (Å²) in [5.41, 5.74) is 0.150. The number of carbonyl (C=O) groups is 2. The zero-order valence-corrected chi connectivity index (χ0v) is 38.2. The first-order valence-corrected chi connectivity index (χ1v) is 22.4. The molecule has 4 fully saturated rings. The van der Waals surface area contributed by atoms with Crippen LogP contribution in [0.4, 0.5) is 9.18 Å². The van der Waals surface area contributed by atoms with Crippen LogP contribution in [0, 0.1) is 29.6 Å². The van der Waals surface area contributed by atoms with E-state index in [1.807, 2.05) is 53.6 Å². The molecule has 0 spiro atoms. The maximum Gasteiger partial charge on any atom is 0.410 e. The number of rotatable bonds is 8. The second kappa shape index (κ2) is 19.1. The van der Waals surface area contributed by atoms with Crippen molar-refractivity contribution in [2.45, 2.75) is 141 Å². The first-order valence-electron chi connectivity index (χ1n) is 22.4. The van der Waals surface area contributed by atoms with Gasteiger partial charge in [0, 0.05) is 36.3 Å². The van der Waals surface area contributed by atoms with Gasteiger partial charge in [-0.15, -0.1) is 0 Å². The molecule has 14 atom stereocenters. The van der Waals surface area contributed by atoms with Crippen molar-refractivity contribution < 1.29 is 52.3 Å². The molecule has 5 aliphatic heterocycles. The smallest absolute Gasteiger partial charge is 0.410 e. The van der Waals surface area contributed by atoms with Crippen LogP contribution in [0.2, 0.25) is 0 Å². The molecule has 2 aromatic heterocycles. The Hall–Kier alpha value is -4.13. The number of amides is 1. The van der Waals surface area contributed by atoms with Gasteiger partial charge in [0.25, 0.3) is 0 Å². The fourth-order valence-electron chi connectivity index (χ4n) is 10.7. The van der Waals surface area contributed by atoms with E-state index in [1.165, 1.54) is 6.20 Å². The number of aliphatic hydroxyl groups is 1. The predicted octanol–water partition coefficient (Wildman–Crippen LogP) is 5.44. The van der Waals surface area contributed by atoms with E-state index in [-0.39, 0.29) is 49.4 Å². The largest absolute Gasteiger partial charge is 0.458 e. The molecule has 17 heteroatoms. The molecule has 2 aromatic rings. The molecule has 63 heavy (non-hydrogen) atoms. The second-order valence-electron chi connectivity index (χ2n) is 18.7. The number of aliphatic hydroxyl groups excluding tert-OH is 1. The quantitative estimate of drug-likeness (QED) is 0.202. The van der Waals surface area contributed by atoms with Crippen LogP contribution in [0.25, 0.3) is 11.3 Å². The topological polar surface area (TPSA) is 176 Å². The minimum atomic E-state index is -1.16. The summed E-state index contributed by atoms with van der Waals surface area (Å²) in [6.07, 6.45) is -2.39. The maximum atomic E-state index is 14.6. The molecule has 16 nitrogen and oxygen atoms in total. The number of ether oxygens (including phenoxy) is 6. The van der Waals surface area contributed by atoms with Crippen molar-refractivity contribution in [2.75, 3.05) is 40.4 Å². The molecule has 1 N–H and O–H groups in total. The minimum absolute atomic E-state index is 0.0401. The zero-order valence-electron chi connectivity index (χ0n) is 38.2. The van der Waals surface area contributed by atoms with Crippen molar-refractivity contribution in [1.29, 1.82) is 0 Å². The number of aliphatic imine (C=N–C) groups is 1. The van der Waals surface area contributed by atoms with Crippen molar-refractivity contribution in [3.63, 3.8) is 0 Å². The van der Waals surface area contributed by atoms with Gasteiger partial charge < -0.3 is 43.3 Å². The van der Waals surface area contributed by atoms with Crippen LogP contribution >= 0.6 is 0 Å². The number of nitrogens with zero attached hydrogens (tertiary/aromatic N) is 6. The number of likely N-dealkylation sites (N-methyl/N-ethyl adjacent to an activating group) is 1. The van der Waals surface area contributed by atoms with Gasteiger partial charge in [-0.05, 0) is 91.2 Å². The van der Waals surface area contributed by atoms with Crippen LogP contribution in [0.15, 0.2) is 46.7 Å². The lowest BCUT2D eigenvalue weighted by atomic mass is 9.72. The van der Waals surface area contributed by atoms with Crippen molar-refractivity contribution in [3.8, 4) is 11.3 Å². The summed E-state index contributed by atoms with van der Waals surface area (Å²) in [5.74, 6) is -3.08. The summed E-state index contributed by atoms with van der Waals surface area (Å²) in [5, 5.41) is 16.3. The number of halogens is 1. The summed E-state index contributed by atoms with van der Waals surface area (Å²) in [4.78, 5) is 51.2. The maximum absolute atomic E-state index is 14.6. The summed E-state index contributed by atoms with van der Waals surface area (Å²) in [6, 6.07) is 7.76. The number of hydrogen-bond donors (Lipinski definition) is 1. The van der Waals surface area contributed by atoms with Crippen molar-refractivity contribution in [3.05, 3.63) is 48.2 Å². The van der Waals surface area contributed by atoms with Gasteiger partial charge in [0.1, 0.15) is 17.9 Å². The Morgan fingerprint density at radius 2 is 1.84 bits per heavy atom. The number of aromatic nitrogens is 2. The van der Waals surface area contributed by atoms with Crippen LogP contribution in [-0.2, 0) is 44.7 Å². The van der Waals surface area contributed by atoms with E-state index < -0.39 is 77.8 Å². The van der Waals surface area contributed by atoms with Crippen LogP contribution in [0.1, 0.15) is 80.3 Å². The molecule has 5 aliphatic rings. The Morgan fingerprint density at radius 3 is 2.57 bits per heavy atom. The van der Waals surface area contributed by atoms with Crippen LogP contribution < -0.4 is 0 Å². The molecule has 0 radical (unpaired) electrons. The predicted molar refractivity (Wildman–Crippen MR) is 230 cm³/mol. The zero-order chi connectivity index (χ0) is 45.4. The number of cyclic esters (lactones) is 1. The van der Waals surface area contributed by atoms with Gasteiger partial charge in [0.05, 0.1) is 72.6 Å². The van der Waals surface area contributed by atoms with Crippen LogP contribution in [0.3, 0.4) is 0 Å². The third-order valence-electron chi connectivity index (χ3n) is 13.8. The standard InChI is InChI=1S/C46H65FN6O10/c1-11-35-46(8)39-27(4)36(48-18-19-53(39)44(56)63-46)25(2)21-45(7)40(62-43-37(54)34(52(9)10)20-26(3)60-43)28(5)38(29(6)42(55)61-35)57-22-31(23-58-45)51-59-24-30-14-12-16-33(50-30)32-15-13-17-49-41(32)47/h12-17,25-29,34-35,37-40,43,54H,11,18-24H2,1-10H3/t25-,26+,27+,28-,29-,34-,35+,37+,38+,39-,40+,43-,45-,46-/m1/s1. The van der Waals surface area contributed by atoms with Gasteiger partial charge in [-0.1, -0.05) is 38.9 Å². The molecule has 0 unspecified atom stereocenters. The van der Waals surface area contributed by atoms with Gasteiger partial charge in [0.15, 0.2) is 18.5 Å². The van der Waals surface area contributed by atoms with Gasteiger partial charge in [-0.2, -0.15) is 4.39 Å². The average Bonchev–Trinajstić information content (AvgIpc) is 3.39. The van der Waals surface area contributed by atoms with Crippen molar-refractivity contribution >= 4 is 23.5 Å². The van der Waals surface area contributed by atoms with E-state index in [9.17, 15) is 19.1 Å². The highest BCUT2D eigenvalue weighted by Crippen LogP contribution is 2.45. The average molecular weight is 881 g/mol. The molecule has 7 rings (SSSR count). The summed E-state index contributed by atoms with van der Waals surface area (Å²) >= 11 is 0. The van der Waals surface area contributed by atoms with E-state index in [0.29, 0.717) is 49.5 Å².